The molecule has 0 saturated carbocycles. The Morgan fingerprint density at radius 2 is 0.806 bits per heavy atom. The van der Waals surface area contributed by atoms with Crippen molar-refractivity contribution in [3.63, 3.8) is 0 Å². The van der Waals surface area contributed by atoms with Crippen molar-refractivity contribution >= 4 is 75.4 Å². The Labute approximate surface area is 208 Å². The summed E-state index contributed by atoms with van der Waals surface area (Å²) in [5, 5.41) is 18.0. The summed E-state index contributed by atoms with van der Waals surface area (Å²) >= 11 is 0. The zero-order chi connectivity index (χ0) is 23.8. The Morgan fingerprint density at radius 1 is 0.361 bits per heavy atom. The summed E-state index contributed by atoms with van der Waals surface area (Å²) in [5.41, 5.74) is 0. The van der Waals surface area contributed by atoms with E-state index in [2.05, 4.69) is 115 Å². The van der Waals surface area contributed by atoms with Crippen LogP contribution < -0.4 is 4.74 Å². The second-order valence-corrected chi connectivity index (χ2v) is 9.62. The van der Waals surface area contributed by atoms with Gasteiger partial charge in [-0.3, -0.25) is 0 Å². The van der Waals surface area contributed by atoms with Crippen LogP contribution >= 0.6 is 0 Å². The Hall–Kier alpha value is -4.62. The molecule has 0 bridgehead atoms. The molecule has 0 aliphatic carbocycles. The number of methoxy groups -OCH3 is 1. The van der Waals surface area contributed by atoms with Gasteiger partial charge < -0.3 is 4.74 Å². The lowest BCUT2D eigenvalue weighted by molar-refractivity contribution is 0.415. The second kappa shape index (κ2) is 7.19. The second-order valence-electron chi connectivity index (χ2n) is 9.62. The van der Waals surface area contributed by atoms with Crippen LogP contribution in [0.1, 0.15) is 0 Å². The minimum atomic E-state index is 0.881. The molecule has 0 unspecified atom stereocenters. The van der Waals surface area contributed by atoms with E-state index in [-0.39, 0.29) is 0 Å². The molecule has 0 radical (unpaired) electrons. The van der Waals surface area contributed by atoms with Crippen molar-refractivity contribution in [2.24, 2.45) is 0 Å². The highest BCUT2D eigenvalue weighted by atomic mass is 16.5. The third kappa shape index (κ3) is 2.50. The summed E-state index contributed by atoms with van der Waals surface area (Å²) in [5.74, 6) is 0.881. The van der Waals surface area contributed by atoms with E-state index in [9.17, 15) is 0 Å². The summed E-state index contributed by atoms with van der Waals surface area (Å²) < 4.78 is 5.72. The number of fused-ring (bicyclic) bond motifs is 15. The lowest BCUT2D eigenvalue weighted by Gasteiger charge is -2.18. The van der Waals surface area contributed by atoms with Crippen molar-refractivity contribution < 1.29 is 4.74 Å². The summed E-state index contributed by atoms with van der Waals surface area (Å²) in [4.78, 5) is 0. The first-order chi connectivity index (χ1) is 17.8. The summed E-state index contributed by atoms with van der Waals surface area (Å²) in [6.07, 6.45) is 0. The summed E-state index contributed by atoms with van der Waals surface area (Å²) in [7, 11) is 1.75. The Balaban J connectivity index is 1.81. The van der Waals surface area contributed by atoms with E-state index >= 15 is 0 Å². The molecule has 36 heavy (non-hydrogen) atoms. The van der Waals surface area contributed by atoms with Crippen LogP contribution in [0.3, 0.4) is 0 Å². The predicted octanol–water partition coefficient (Wildman–Crippen LogP) is 9.77. The van der Waals surface area contributed by atoms with Crippen LogP contribution in [0.2, 0.25) is 0 Å². The maximum Gasteiger partial charge on any atom is 0.119 e. The van der Waals surface area contributed by atoms with Gasteiger partial charge in [0.05, 0.1) is 7.11 Å². The molecular weight excluding hydrogens is 436 g/mol. The number of ether oxygens (including phenoxy) is 1. The zero-order valence-electron chi connectivity index (χ0n) is 19.9. The standard InChI is InChI=1S/C35H22O/c1-36-22-15-17-28-24-10-4-5-11-25(24)30-18-19-31-27-13-7-6-12-26(27)29-16-14-21-8-2-3-9-23(21)33(29)35(31)34(30)32(28)20-22/h2-20H,1H3. The Kier molecular flexibility index (Phi) is 3.93. The third-order valence-electron chi connectivity index (χ3n) is 7.90. The number of hydrogen-bond acceptors (Lipinski definition) is 1. The molecule has 8 aromatic carbocycles. The summed E-state index contributed by atoms with van der Waals surface area (Å²) in [6.45, 7) is 0. The molecule has 0 fully saturated rings. The van der Waals surface area contributed by atoms with E-state index in [1.807, 2.05) is 0 Å². The molecule has 8 rings (SSSR count). The van der Waals surface area contributed by atoms with Crippen LogP contribution in [0, 0.1) is 0 Å². The van der Waals surface area contributed by atoms with E-state index in [4.69, 9.17) is 4.74 Å². The molecule has 8 aromatic rings. The largest absolute Gasteiger partial charge is 0.497 e. The van der Waals surface area contributed by atoms with Crippen LogP contribution in [0.15, 0.2) is 115 Å². The molecule has 0 atom stereocenters. The third-order valence-corrected chi connectivity index (χ3v) is 7.90. The van der Waals surface area contributed by atoms with Crippen LogP contribution in [0.4, 0.5) is 0 Å². The Morgan fingerprint density at radius 3 is 1.44 bits per heavy atom. The molecule has 0 aliphatic rings. The van der Waals surface area contributed by atoms with Crippen molar-refractivity contribution in [2.45, 2.75) is 0 Å². The maximum absolute atomic E-state index is 5.72. The first-order valence-corrected chi connectivity index (χ1v) is 12.4. The van der Waals surface area contributed by atoms with Gasteiger partial charge in [0.25, 0.3) is 0 Å². The van der Waals surface area contributed by atoms with E-state index in [1.165, 1.54) is 75.4 Å². The van der Waals surface area contributed by atoms with Gasteiger partial charge in [0, 0.05) is 0 Å². The van der Waals surface area contributed by atoms with Gasteiger partial charge in [-0.15, -0.1) is 0 Å². The number of hydrogen-bond donors (Lipinski definition) is 0. The van der Waals surface area contributed by atoms with Gasteiger partial charge >= 0.3 is 0 Å². The van der Waals surface area contributed by atoms with Crippen LogP contribution in [-0.2, 0) is 0 Å². The van der Waals surface area contributed by atoms with E-state index in [0.717, 1.165) is 5.75 Å². The van der Waals surface area contributed by atoms with Gasteiger partial charge in [-0.25, -0.2) is 0 Å². The lowest BCUT2D eigenvalue weighted by Crippen LogP contribution is -1.90. The van der Waals surface area contributed by atoms with Crippen molar-refractivity contribution in [2.75, 3.05) is 7.11 Å². The zero-order valence-corrected chi connectivity index (χ0v) is 19.9. The molecule has 1 nitrogen and oxygen atoms in total. The van der Waals surface area contributed by atoms with Gasteiger partial charge in [0.2, 0.25) is 0 Å². The van der Waals surface area contributed by atoms with Crippen LogP contribution in [-0.4, -0.2) is 7.11 Å². The smallest absolute Gasteiger partial charge is 0.119 e. The maximum atomic E-state index is 5.72. The van der Waals surface area contributed by atoms with E-state index in [0.29, 0.717) is 0 Å². The highest BCUT2D eigenvalue weighted by Gasteiger charge is 2.17. The van der Waals surface area contributed by atoms with Crippen molar-refractivity contribution in [3.05, 3.63) is 115 Å². The molecule has 0 saturated heterocycles. The fraction of sp³-hybridized carbons (Fsp3) is 0.0286. The average Bonchev–Trinajstić information content (AvgIpc) is 2.96. The molecule has 168 valence electrons. The van der Waals surface area contributed by atoms with Crippen LogP contribution in [0.25, 0.3) is 75.4 Å². The molecular formula is C35H22O. The monoisotopic (exact) mass is 458 g/mol. The number of rotatable bonds is 1. The van der Waals surface area contributed by atoms with Crippen molar-refractivity contribution in [3.8, 4) is 5.75 Å². The fourth-order valence-corrected chi connectivity index (χ4v) is 6.35. The van der Waals surface area contributed by atoms with Gasteiger partial charge in [0.1, 0.15) is 5.75 Å². The molecule has 0 aromatic heterocycles. The molecule has 0 N–H and O–H groups in total. The van der Waals surface area contributed by atoms with Crippen molar-refractivity contribution in [1.82, 2.24) is 0 Å². The molecule has 0 heterocycles. The number of benzene rings is 8. The predicted molar refractivity (Wildman–Crippen MR) is 156 cm³/mol. The van der Waals surface area contributed by atoms with Gasteiger partial charge in [-0.05, 0) is 87.5 Å². The van der Waals surface area contributed by atoms with Gasteiger partial charge in [0.15, 0.2) is 0 Å². The normalized spacial score (nSPS) is 12.0. The fourth-order valence-electron chi connectivity index (χ4n) is 6.35. The van der Waals surface area contributed by atoms with Crippen molar-refractivity contribution in [1.29, 1.82) is 0 Å². The van der Waals surface area contributed by atoms with Gasteiger partial charge in [-0.2, -0.15) is 0 Å². The molecule has 0 amide bonds. The molecule has 0 spiro atoms. The minimum Gasteiger partial charge on any atom is -0.497 e. The van der Waals surface area contributed by atoms with Crippen LogP contribution in [0.5, 0.6) is 5.75 Å². The van der Waals surface area contributed by atoms with E-state index in [1.54, 1.807) is 7.11 Å². The highest BCUT2D eigenvalue weighted by Crippen LogP contribution is 2.46. The average molecular weight is 459 g/mol. The van der Waals surface area contributed by atoms with Gasteiger partial charge in [-0.1, -0.05) is 103 Å². The first kappa shape index (κ1) is 19.7. The molecule has 1 heteroatoms. The highest BCUT2D eigenvalue weighted by molar-refractivity contribution is 6.41. The topological polar surface area (TPSA) is 9.23 Å². The quantitative estimate of drug-likeness (QED) is 0.222. The Bertz CT molecular complexity index is 2190. The summed E-state index contributed by atoms with van der Waals surface area (Å²) in [6, 6.07) is 42.1. The molecule has 0 aliphatic heterocycles. The first-order valence-electron chi connectivity index (χ1n) is 12.4. The minimum absolute atomic E-state index is 0.881. The SMILES string of the molecule is COc1ccc2c3ccccc3c3ccc4c5ccccc5c5ccc6ccccc6c5c4c3c2c1. The van der Waals surface area contributed by atoms with E-state index < -0.39 is 0 Å². The lowest BCUT2D eigenvalue weighted by atomic mass is 9.85.